The second kappa shape index (κ2) is 6.44. The number of piperazine rings is 1. The number of nitrogens with one attached hydrogen (secondary N) is 1. The molecule has 0 aromatic rings. The lowest BCUT2D eigenvalue weighted by atomic mass is 9.81. The minimum atomic E-state index is -0.665. The van der Waals surface area contributed by atoms with E-state index in [1.807, 2.05) is 11.8 Å². The number of rotatable bonds is 3. The average molecular weight is 292 g/mol. The summed E-state index contributed by atoms with van der Waals surface area (Å²) < 4.78 is 0. The smallest absolute Gasteiger partial charge is 0.240 e. The molecule has 6 heteroatoms. The molecule has 2 fully saturated rings. The summed E-state index contributed by atoms with van der Waals surface area (Å²) in [5.41, 5.74) is -0.665. The number of amides is 2. The van der Waals surface area contributed by atoms with Crippen molar-refractivity contribution in [2.75, 3.05) is 26.7 Å². The normalized spacial score (nSPS) is 23.8. The lowest BCUT2D eigenvalue weighted by Crippen LogP contribution is -2.59. The first-order valence-corrected chi connectivity index (χ1v) is 7.70. The van der Waals surface area contributed by atoms with E-state index in [9.17, 15) is 14.9 Å². The van der Waals surface area contributed by atoms with E-state index in [0.29, 0.717) is 13.1 Å². The maximum atomic E-state index is 12.7. The predicted octanol–water partition coefficient (Wildman–Crippen LogP) is 0.492. The first kappa shape index (κ1) is 15.8. The molecule has 0 unspecified atom stereocenters. The summed E-state index contributed by atoms with van der Waals surface area (Å²) in [6, 6.07) is 2.00. The van der Waals surface area contributed by atoms with Gasteiger partial charge >= 0.3 is 0 Å². The van der Waals surface area contributed by atoms with Crippen LogP contribution in [0.5, 0.6) is 0 Å². The van der Waals surface area contributed by atoms with Crippen molar-refractivity contribution in [2.24, 2.45) is 0 Å². The Morgan fingerprint density at radius 2 is 2.10 bits per heavy atom. The summed E-state index contributed by atoms with van der Waals surface area (Å²) in [7, 11) is 1.73. The average Bonchev–Trinajstić information content (AvgIpc) is 2.53. The Hall–Kier alpha value is -1.61. The zero-order valence-electron chi connectivity index (χ0n) is 12.9. The molecule has 1 saturated heterocycles. The molecule has 1 aliphatic carbocycles. The Kier molecular flexibility index (Phi) is 4.84. The fourth-order valence-corrected chi connectivity index (χ4v) is 3.30. The Morgan fingerprint density at radius 1 is 1.43 bits per heavy atom. The second-order valence-corrected chi connectivity index (χ2v) is 6.10. The molecule has 1 N–H and O–H groups in total. The molecule has 0 aromatic heterocycles. The van der Waals surface area contributed by atoms with Crippen LogP contribution in [-0.4, -0.2) is 59.9 Å². The zero-order chi connectivity index (χ0) is 15.5. The summed E-state index contributed by atoms with van der Waals surface area (Å²) in [4.78, 5) is 27.7. The van der Waals surface area contributed by atoms with Crippen LogP contribution < -0.4 is 5.32 Å². The van der Waals surface area contributed by atoms with E-state index in [4.69, 9.17) is 0 Å². The lowest BCUT2D eigenvalue weighted by molar-refractivity contribution is -0.141. The Balaban J connectivity index is 2.07. The van der Waals surface area contributed by atoms with E-state index in [2.05, 4.69) is 11.4 Å². The van der Waals surface area contributed by atoms with Crippen molar-refractivity contribution in [3.05, 3.63) is 0 Å². The van der Waals surface area contributed by atoms with Crippen LogP contribution in [0.1, 0.15) is 39.0 Å². The third-order valence-corrected chi connectivity index (χ3v) is 4.83. The van der Waals surface area contributed by atoms with Crippen molar-refractivity contribution < 1.29 is 9.59 Å². The molecular weight excluding hydrogens is 268 g/mol. The molecule has 0 spiro atoms. The first-order valence-electron chi connectivity index (χ1n) is 7.70. The number of nitrogens with zero attached hydrogens (tertiary/aromatic N) is 3. The molecular formula is C15H24N4O2. The van der Waals surface area contributed by atoms with Gasteiger partial charge in [-0.05, 0) is 19.8 Å². The van der Waals surface area contributed by atoms with Crippen molar-refractivity contribution in [1.29, 1.82) is 5.26 Å². The van der Waals surface area contributed by atoms with Crippen LogP contribution in [0, 0.1) is 11.3 Å². The van der Waals surface area contributed by atoms with Crippen LogP contribution in [-0.2, 0) is 9.59 Å². The molecule has 2 rings (SSSR count). The first-order chi connectivity index (χ1) is 10.00. The highest BCUT2D eigenvalue weighted by atomic mass is 16.2. The summed E-state index contributed by atoms with van der Waals surface area (Å²) in [5.74, 6) is -0.107. The summed E-state index contributed by atoms with van der Waals surface area (Å²) >= 11 is 0. The molecule has 116 valence electrons. The summed E-state index contributed by atoms with van der Waals surface area (Å²) in [5, 5.41) is 12.3. The van der Waals surface area contributed by atoms with Crippen LogP contribution >= 0.6 is 0 Å². The highest BCUT2D eigenvalue weighted by Crippen LogP contribution is 2.33. The molecule has 6 nitrogen and oxygen atoms in total. The third kappa shape index (κ3) is 3.18. The summed E-state index contributed by atoms with van der Waals surface area (Å²) in [6.07, 6.45) is 4.61. The van der Waals surface area contributed by atoms with Crippen LogP contribution in [0.2, 0.25) is 0 Å². The van der Waals surface area contributed by atoms with Crippen molar-refractivity contribution in [1.82, 2.24) is 15.1 Å². The van der Waals surface area contributed by atoms with Gasteiger partial charge in [0.1, 0.15) is 5.54 Å². The van der Waals surface area contributed by atoms with Gasteiger partial charge in [-0.3, -0.25) is 14.5 Å². The van der Waals surface area contributed by atoms with Crippen LogP contribution in [0.3, 0.4) is 0 Å². The Morgan fingerprint density at radius 3 is 2.67 bits per heavy atom. The van der Waals surface area contributed by atoms with Gasteiger partial charge in [-0.2, -0.15) is 5.26 Å². The molecule has 0 aromatic carbocycles. The van der Waals surface area contributed by atoms with Crippen molar-refractivity contribution in [2.45, 2.75) is 50.6 Å². The van der Waals surface area contributed by atoms with Gasteiger partial charge in [0, 0.05) is 20.1 Å². The number of nitriles is 1. The zero-order valence-corrected chi connectivity index (χ0v) is 12.9. The molecule has 1 atom stereocenters. The molecule has 0 radical (unpaired) electrons. The van der Waals surface area contributed by atoms with Gasteiger partial charge in [0.25, 0.3) is 0 Å². The Bertz CT molecular complexity index is 451. The van der Waals surface area contributed by atoms with Crippen LogP contribution in [0.15, 0.2) is 0 Å². The molecule has 0 bridgehead atoms. The number of hydrogen-bond donors (Lipinski definition) is 1. The van der Waals surface area contributed by atoms with E-state index in [1.54, 1.807) is 11.9 Å². The molecule has 21 heavy (non-hydrogen) atoms. The van der Waals surface area contributed by atoms with E-state index >= 15 is 0 Å². The molecule has 2 amide bonds. The summed E-state index contributed by atoms with van der Waals surface area (Å²) in [6.45, 7) is 3.32. The maximum absolute atomic E-state index is 12.7. The van der Waals surface area contributed by atoms with Crippen molar-refractivity contribution in [3.63, 3.8) is 0 Å². The number of carbonyl (C=O) groups excluding carboxylic acids is 2. The fourth-order valence-electron chi connectivity index (χ4n) is 3.30. The highest BCUT2D eigenvalue weighted by molar-refractivity contribution is 5.84. The van der Waals surface area contributed by atoms with Gasteiger partial charge in [-0.1, -0.05) is 19.3 Å². The maximum Gasteiger partial charge on any atom is 0.240 e. The minimum Gasteiger partial charge on any atom is -0.354 e. The molecule has 1 saturated carbocycles. The Labute approximate surface area is 126 Å². The van der Waals surface area contributed by atoms with E-state index in [1.165, 1.54) is 0 Å². The van der Waals surface area contributed by atoms with Gasteiger partial charge < -0.3 is 10.2 Å². The SMILES string of the molecule is C[C@@H](C(=O)N(C)C1(C#N)CCCCC1)N1CCNC(=O)C1. The van der Waals surface area contributed by atoms with Gasteiger partial charge in [-0.25, -0.2) is 0 Å². The predicted molar refractivity (Wildman–Crippen MR) is 78.2 cm³/mol. The largest absolute Gasteiger partial charge is 0.354 e. The van der Waals surface area contributed by atoms with Crippen molar-refractivity contribution >= 4 is 11.8 Å². The van der Waals surface area contributed by atoms with Gasteiger partial charge in [-0.15, -0.1) is 0 Å². The van der Waals surface area contributed by atoms with E-state index in [0.717, 1.165) is 32.1 Å². The number of likely N-dealkylation sites (N-methyl/N-ethyl adjacent to an activating group) is 1. The quantitative estimate of drug-likeness (QED) is 0.821. The second-order valence-electron chi connectivity index (χ2n) is 6.10. The third-order valence-electron chi connectivity index (χ3n) is 4.83. The fraction of sp³-hybridized carbons (Fsp3) is 0.800. The van der Waals surface area contributed by atoms with Crippen LogP contribution in [0.25, 0.3) is 0 Å². The topological polar surface area (TPSA) is 76.4 Å². The monoisotopic (exact) mass is 292 g/mol. The highest BCUT2D eigenvalue weighted by Gasteiger charge is 2.41. The number of hydrogen-bond acceptors (Lipinski definition) is 4. The van der Waals surface area contributed by atoms with Crippen molar-refractivity contribution in [3.8, 4) is 6.07 Å². The van der Waals surface area contributed by atoms with Gasteiger partial charge in [0.05, 0.1) is 18.7 Å². The van der Waals surface area contributed by atoms with Gasteiger partial charge in [0.15, 0.2) is 0 Å². The molecule has 1 heterocycles. The number of carbonyl (C=O) groups is 2. The molecule has 1 aliphatic heterocycles. The van der Waals surface area contributed by atoms with Crippen LogP contribution in [0.4, 0.5) is 0 Å². The lowest BCUT2D eigenvalue weighted by Gasteiger charge is -2.42. The van der Waals surface area contributed by atoms with E-state index < -0.39 is 5.54 Å². The van der Waals surface area contributed by atoms with Gasteiger partial charge in [0.2, 0.25) is 11.8 Å². The minimum absolute atomic E-state index is 0.0452. The molecule has 2 aliphatic rings. The standard InChI is InChI=1S/C15H24N4O2/c1-12(19-9-8-17-13(20)10-19)14(21)18(2)15(11-16)6-4-3-5-7-15/h12H,3-10H2,1-2H3,(H,17,20)/t12-/m0/s1. The van der Waals surface area contributed by atoms with E-state index in [-0.39, 0.29) is 24.4 Å².